The molecule has 8 heteroatoms. The number of carbonyl (C=O) groups excluding carboxylic acids is 2. The minimum Gasteiger partial charge on any atom is -0.494 e. The number of amides is 2. The van der Waals surface area contributed by atoms with E-state index in [4.69, 9.17) is 4.74 Å². The number of pyridine rings is 1. The van der Waals surface area contributed by atoms with Gasteiger partial charge in [-0.3, -0.25) is 19.5 Å². The van der Waals surface area contributed by atoms with Gasteiger partial charge in [-0.05, 0) is 81.7 Å². The molecule has 8 nitrogen and oxygen atoms in total. The molecule has 0 aliphatic carbocycles. The Labute approximate surface area is 249 Å². The quantitative estimate of drug-likeness (QED) is 0.362. The number of benzene rings is 2. The number of ether oxygens (including phenoxy) is 1. The van der Waals surface area contributed by atoms with Crippen LogP contribution >= 0.6 is 0 Å². The Hall–Kier alpha value is -3.75. The molecule has 5 rings (SSSR count). The number of aromatic nitrogens is 1. The highest BCUT2D eigenvalue weighted by atomic mass is 16.5. The minimum absolute atomic E-state index is 0.0181. The molecule has 2 atom stereocenters. The lowest BCUT2D eigenvalue weighted by Gasteiger charge is -2.33. The van der Waals surface area contributed by atoms with Crippen molar-refractivity contribution in [2.24, 2.45) is 0 Å². The van der Waals surface area contributed by atoms with Crippen molar-refractivity contribution in [3.63, 3.8) is 0 Å². The van der Waals surface area contributed by atoms with Crippen molar-refractivity contribution in [1.82, 2.24) is 19.7 Å². The first kappa shape index (κ1) is 29.7. The summed E-state index contributed by atoms with van der Waals surface area (Å²) in [5.74, 6) is 0.696. The number of anilines is 1. The number of rotatable bonds is 8. The van der Waals surface area contributed by atoms with Crippen LogP contribution in [-0.4, -0.2) is 83.9 Å². The molecule has 0 saturated carbocycles. The monoisotopic (exact) mass is 569 g/mol. The molecule has 0 radical (unpaired) electrons. The van der Waals surface area contributed by atoms with Crippen molar-refractivity contribution in [2.75, 3.05) is 45.2 Å². The maximum atomic E-state index is 14.2. The summed E-state index contributed by atoms with van der Waals surface area (Å²) >= 11 is 0. The molecular formula is C34H43N5O3. The summed E-state index contributed by atoms with van der Waals surface area (Å²) in [5.41, 5.74) is 3.50. The molecule has 2 aromatic carbocycles. The lowest BCUT2D eigenvalue weighted by atomic mass is 10.1. The molecule has 1 aromatic heterocycles. The molecule has 3 heterocycles. The van der Waals surface area contributed by atoms with E-state index in [-0.39, 0.29) is 17.9 Å². The van der Waals surface area contributed by atoms with Gasteiger partial charge in [0.25, 0.3) is 5.91 Å². The van der Waals surface area contributed by atoms with Crippen LogP contribution in [0.25, 0.3) is 0 Å². The van der Waals surface area contributed by atoms with Crippen molar-refractivity contribution >= 4 is 17.5 Å². The summed E-state index contributed by atoms with van der Waals surface area (Å²) < 4.78 is 6.00. The van der Waals surface area contributed by atoms with Gasteiger partial charge < -0.3 is 19.4 Å². The summed E-state index contributed by atoms with van der Waals surface area (Å²) in [4.78, 5) is 40.3. The van der Waals surface area contributed by atoms with E-state index in [0.717, 1.165) is 55.7 Å². The second-order valence-corrected chi connectivity index (χ2v) is 11.7. The van der Waals surface area contributed by atoms with E-state index in [1.807, 2.05) is 90.8 Å². The van der Waals surface area contributed by atoms with Crippen LogP contribution in [-0.2, 0) is 17.9 Å². The summed E-state index contributed by atoms with van der Waals surface area (Å²) in [6, 6.07) is 22.1. The molecule has 222 valence electrons. The third-order valence-electron chi connectivity index (χ3n) is 8.37. The molecule has 2 aliphatic rings. The normalized spacial score (nSPS) is 19.3. The van der Waals surface area contributed by atoms with Gasteiger partial charge in [0.1, 0.15) is 5.75 Å². The highest BCUT2D eigenvalue weighted by Crippen LogP contribution is 2.33. The second-order valence-electron chi connectivity index (χ2n) is 11.7. The summed E-state index contributed by atoms with van der Waals surface area (Å²) in [6.45, 7) is 5.56. The van der Waals surface area contributed by atoms with Gasteiger partial charge in [-0.1, -0.05) is 30.3 Å². The first-order valence-electron chi connectivity index (χ1n) is 15.1. The van der Waals surface area contributed by atoms with Crippen LogP contribution < -0.4 is 9.64 Å². The van der Waals surface area contributed by atoms with Gasteiger partial charge in [-0.15, -0.1) is 0 Å². The summed E-state index contributed by atoms with van der Waals surface area (Å²) in [7, 11) is 4.10. The lowest BCUT2D eigenvalue weighted by molar-refractivity contribution is -0.116. The highest BCUT2D eigenvalue weighted by Gasteiger charge is 2.37. The van der Waals surface area contributed by atoms with E-state index >= 15 is 0 Å². The zero-order valence-electron chi connectivity index (χ0n) is 25.1. The van der Waals surface area contributed by atoms with Gasteiger partial charge in [0, 0.05) is 69.2 Å². The van der Waals surface area contributed by atoms with Gasteiger partial charge in [-0.2, -0.15) is 0 Å². The van der Waals surface area contributed by atoms with Crippen LogP contribution in [0, 0.1) is 0 Å². The van der Waals surface area contributed by atoms with Gasteiger partial charge in [0.15, 0.2) is 0 Å². The molecule has 1 saturated heterocycles. The molecular weight excluding hydrogens is 526 g/mol. The van der Waals surface area contributed by atoms with E-state index < -0.39 is 0 Å². The summed E-state index contributed by atoms with van der Waals surface area (Å²) in [5, 5.41) is 0. The number of para-hydroxylation sites is 1. The van der Waals surface area contributed by atoms with Crippen LogP contribution in [0.5, 0.6) is 5.75 Å². The Kier molecular flexibility index (Phi) is 9.87. The van der Waals surface area contributed by atoms with Gasteiger partial charge in [0.05, 0.1) is 12.3 Å². The second kappa shape index (κ2) is 13.9. The molecule has 42 heavy (non-hydrogen) atoms. The largest absolute Gasteiger partial charge is 0.494 e. The van der Waals surface area contributed by atoms with Gasteiger partial charge in [0.2, 0.25) is 5.91 Å². The Bertz CT molecular complexity index is 1350. The predicted octanol–water partition coefficient (Wildman–Crippen LogP) is 4.84. The van der Waals surface area contributed by atoms with E-state index in [0.29, 0.717) is 43.6 Å². The number of fused-ring (bicyclic) bond motifs is 3. The van der Waals surface area contributed by atoms with Crippen LogP contribution in [0.1, 0.15) is 54.2 Å². The standard InChI is InChI=1S/C34H43N5O3/c1-26(40)38-20-17-30-15-16-31(39(30)24-29-12-6-7-18-35-29)25-37(23-28-10-4-5-14-33(28)38)34(41)27-11-8-13-32(22-27)42-21-9-19-36(2)3/h4-8,10-14,18,22,30-31H,9,15-17,19-21,23-25H2,1-3H3/t30-,31+/m0/s1. The maximum absolute atomic E-state index is 14.2. The highest BCUT2D eigenvalue weighted by molar-refractivity contribution is 5.95. The number of nitrogens with zero attached hydrogens (tertiary/aromatic N) is 5. The smallest absolute Gasteiger partial charge is 0.254 e. The van der Waals surface area contributed by atoms with E-state index in [1.54, 1.807) is 6.92 Å². The molecule has 0 N–H and O–H groups in total. The van der Waals surface area contributed by atoms with Gasteiger partial charge in [-0.25, -0.2) is 0 Å². The Balaban J connectivity index is 1.45. The van der Waals surface area contributed by atoms with Crippen LogP contribution in [0.4, 0.5) is 5.69 Å². The molecule has 3 aromatic rings. The Morgan fingerprint density at radius 1 is 0.976 bits per heavy atom. The Morgan fingerprint density at radius 3 is 2.57 bits per heavy atom. The first-order chi connectivity index (χ1) is 20.4. The zero-order valence-corrected chi connectivity index (χ0v) is 25.1. The number of hydrogen-bond donors (Lipinski definition) is 0. The SMILES string of the molecule is CC(=O)N1CC[C@@H]2CC[C@H](CN(C(=O)c3cccc(OCCCN(C)C)c3)Cc3ccccc31)N2Cc1ccccn1. The maximum Gasteiger partial charge on any atom is 0.254 e. The number of hydrogen-bond acceptors (Lipinski definition) is 6. The van der Waals surface area contributed by atoms with Crippen molar-refractivity contribution in [2.45, 2.75) is 57.8 Å². The van der Waals surface area contributed by atoms with Crippen LogP contribution in [0.2, 0.25) is 0 Å². The first-order valence-corrected chi connectivity index (χ1v) is 15.1. The van der Waals surface area contributed by atoms with Crippen molar-refractivity contribution < 1.29 is 14.3 Å². The third kappa shape index (κ3) is 7.36. The topological polar surface area (TPSA) is 69.2 Å². The fourth-order valence-corrected chi connectivity index (χ4v) is 6.24. The van der Waals surface area contributed by atoms with Crippen LogP contribution in [0.15, 0.2) is 72.9 Å². The fraction of sp³-hybridized carbons (Fsp3) is 0.441. The van der Waals surface area contributed by atoms with E-state index in [9.17, 15) is 9.59 Å². The van der Waals surface area contributed by atoms with Gasteiger partial charge >= 0.3 is 0 Å². The van der Waals surface area contributed by atoms with E-state index in [1.165, 1.54) is 0 Å². The minimum atomic E-state index is -0.0293. The predicted molar refractivity (Wildman–Crippen MR) is 166 cm³/mol. The molecule has 0 unspecified atom stereocenters. The summed E-state index contributed by atoms with van der Waals surface area (Å²) in [6.07, 6.45) is 5.65. The molecule has 2 amide bonds. The van der Waals surface area contributed by atoms with Crippen molar-refractivity contribution in [1.29, 1.82) is 0 Å². The van der Waals surface area contributed by atoms with E-state index in [2.05, 4.69) is 20.9 Å². The molecule has 2 bridgehead atoms. The molecule has 2 aliphatic heterocycles. The zero-order chi connectivity index (χ0) is 29.5. The average molecular weight is 570 g/mol. The fourth-order valence-electron chi connectivity index (χ4n) is 6.24. The lowest BCUT2D eigenvalue weighted by Crippen LogP contribution is -2.45. The van der Waals surface area contributed by atoms with Crippen molar-refractivity contribution in [3.05, 3.63) is 89.7 Å². The third-order valence-corrected chi connectivity index (χ3v) is 8.37. The number of carbonyl (C=O) groups is 2. The Morgan fingerprint density at radius 2 is 1.79 bits per heavy atom. The molecule has 0 spiro atoms. The molecule has 1 fully saturated rings. The van der Waals surface area contributed by atoms with Crippen molar-refractivity contribution in [3.8, 4) is 5.75 Å². The average Bonchev–Trinajstić information content (AvgIpc) is 3.35. The van der Waals surface area contributed by atoms with Crippen LogP contribution in [0.3, 0.4) is 0 Å².